The van der Waals surface area contributed by atoms with Crippen LogP contribution in [0.25, 0.3) is 0 Å². The van der Waals surface area contributed by atoms with Gasteiger partial charge in [0.1, 0.15) is 11.5 Å². The van der Waals surface area contributed by atoms with E-state index in [0.29, 0.717) is 0 Å². The number of rotatable bonds is 22. The first-order valence-corrected chi connectivity index (χ1v) is 15.5. The summed E-state index contributed by atoms with van der Waals surface area (Å²) >= 11 is 0. The first-order valence-electron chi connectivity index (χ1n) is 15.5. The molecule has 0 unspecified atom stereocenters. The molecule has 0 bridgehead atoms. The summed E-state index contributed by atoms with van der Waals surface area (Å²) in [6.45, 7) is 7.44. The Labute approximate surface area is 254 Å². The monoisotopic (exact) mass is 560 g/mol. The Morgan fingerprint density at radius 3 is 1.51 bits per heavy atom. The molecule has 228 valence electrons. The number of unbranched alkanes of at least 4 members (excludes halogenated alkanes) is 10. The Kier molecular flexibility index (Phi) is 26.4. The molecule has 2 rings (SSSR count). The number of hydrogen-bond acceptors (Lipinski definition) is 2. The minimum Gasteiger partial charge on any atom is -0.497 e. The van der Waals surface area contributed by atoms with Gasteiger partial charge >= 0.3 is 0 Å². The molecule has 2 heteroatoms. The zero-order valence-corrected chi connectivity index (χ0v) is 25.6. The van der Waals surface area contributed by atoms with Gasteiger partial charge in [0.05, 0.1) is 14.2 Å². The number of hydrogen-bond donors (Lipinski definition) is 0. The highest BCUT2D eigenvalue weighted by Crippen LogP contribution is 2.17. The van der Waals surface area contributed by atoms with Crippen LogP contribution >= 0.6 is 0 Å². The minimum atomic E-state index is 0. The largest absolute Gasteiger partial charge is 0.497 e. The molecule has 0 fully saturated rings. The molecular weight excluding hydrogens is 500 g/mol. The maximum absolute atomic E-state index is 5.26. The predicted molar refractivity (Wildman–Crippen MR) is 183 cm³/mol. The van der Waals surface area contributed by atoms with Gasteiger partial charge < -0.3 is 9.47 Å². The number of benzene rings is 2. The number of ether oxygens (including phenoxy) is 2. The average molecular weight is 561 g/mol. The van der Waals surface area contributed by atoms with Crippen LogP contribution in [-0.2, 0) is 12.8 Å². The average Bonchev–Trinajstić information content (AvgIpc) is 2.99. The maximum atomic E-state index is 5.26. The fourth-order valence-corrected chi connectivity index (χ4v) is 4.51. The van der Waals surface area contributed by atoms with Gasteiger partial charge in [-0.3, -0.25) is 0 Å². The summed E-state index contributed by atoms with van der Waals surface area (Å²) in [5.41, 5.74) is 2.77. The van der Waals surface area contributed by atoms with Gasteiger partial charge in [-0.1, -0.05) is 107 Å². The highest BCUT2D eigenvalue weighted by atomic mass is 16.5. The van der Waals surface area contributed by atoms with Crippen LogP contribution in [0.2, 0.25) is 0 Å². The molecule has 0 amide bonds. The van der Waals surface area contributed by atoms with Crippen LogP contribution in [0.3, 0.4) is 0 Å². The summed E-state index contributed by atoms with van der Waals surface area (Å²) in [7, 11) is 3.45. The van der Waals surface area contributed by atoms with Crippen LogP contribution in [0.5, 0.6) is 11.5 Å². The van der Waals surface area contributed by atoms with E-state index in [0.717, 1.165) is 37.2 Å². The molecule has 2 aromatic carbocycles. The molecule has 0 saturated carbocycles. The quantitative estimate of drug-likeness (QED) is 0.105. The highest BCUT2D eigenvalue weighted by Gasteiger charge is 1.98. The Bertz CT molecular complexity index is 940. The van der Waals surface area contributed by atoms with Crippen LogP contribution in [0.4, 0.5) is 0 Å². The predicted octanol–water partition coefficient (Wildman–Crippen LogP) is 12.1. The molecule has 2 aromatic rings. The van der Waals surface area contributed by atoms with Crippen molar-refractivity contribution in [3.05, 3.63) is 109 Å². The van der Waals surface area contributed by atoms with E-state index < -0.39 is 0 Å². The Morgan fingerprint density at radius 2 is 1.00 bits per heavy atom. The van der Waals surface area contributed by atoms with Crippen LogP contribution in [-0.4, -0.2) is 14.2 Å². The summed E-state index contributed by atoms with van der Waals surface area (Å²) in [6, 6.07) is 16.8. The van der Waals surface area contributed by atoms with Gasteiger partial charge in [0.25, 0.3) is 0 Å². The third-order valence-electron chi connectivity index (χ3n) is 6.89. The van der Waals surface area contributed by atoms with Gasteiger partial charge in [-0.15, -0.1) is 13.2 Å². The second-order valence-electron chi connectivity index (χ2n) is 10.3. The third kappa shape index (κ3) is 22.4. The fraction of sp³-hybridized carbons (Fsp3) is 0.487. The lowest BCUT2D eigenvalue weighted by Crippen LogP contribution is -1.88. The molecule has 0 aliphatic carbocycles. The van der Waals surface area contributed by atoms with Crippen LogP contribution in [0.1, 0.15) is 108 Å². The van der Waals surface area contributed by atoms with E-state index in [1.807, 2.05) is 24.3 Å². The number of allylic oxidation sites excluding steroid dienone is 6. The first-order chi connectivity index (χ1) is 19.7. The van der Waals surface area contributed by atoms with Crippen LogP contribution in [0, 0.1) is 0 Å². The van der Waals surface area contributed by atoms with E-state index in [4.69, 9.17) is 9.47 Å². The summed E-state index contributed by atoms with van der Waals surface area (Å²) in [6.07, 6.45) is 32.8. The van der Waals surface area contributed by atoms with Crippen LogP contribution < -0.4 is 9.47 Å². The van der Waals surface area contributed by atoms with Gasteiger partial charge in [-0.2, -0.15) is 0 Å². The summed E-state index contributed by atoms with van der Waals surface area (Å²) < 4.78 is 10.5. The topological polar surface area (TPSA) is 18.5 Å². The molecule has 41 heavy (non-hydrogen) atoms. The van der Waals surface area contributed by atoms with Gasteiger partial charge in [0.15, 0.2) is 0 Å². The summed E-state index contributed by atoms with van der Waals surface area (Å²) in [4.78, 5) is 0. The van der Waals surface area contributed by atoms with E-state index in [2.05, 4.69) is 73.9 Å². The smallest absolute Gasteiger partial charge is 0.119 e. The molecule has 0 saturated heterocycles. The van der Waals surface area contributed by atoms with E-state index >= 15 is 0 Å². The lowest BCUT2D eigenvalue weighted by Gasteiger charge is -2.04. The fourth-order valence-electron chi connectivity index (χ4n) is 4.51. The second-order valence-corrected chi connectivity index (χ2v) is 10.3. The van der Waals surface area contributed by atoms with Gasteiger partial charge in [0.2, 0.25) is 0 Å². The molecule has 0 spiro atoms. The molecule has 0 aliphatic heterocycles. The second kappa shape index (κ2) is 28.5. The van der Waals surface area contributed by atoms with Crippen molar-refractivity contribution in [1.29, 1.82) is 0 Å². The maximum Gasteiger partial charge on any atom is 0.119 e. The third-order valence-corrected chi connectivity index (χ3v) is 6.89. The minimum absolute atomic E-state index is 0. The molecule has 0 aliphatic rings. The van der Waals surface area contributed by atoms with Gasteiger partial charge in [-0.05, 0) is 99.6 Å². The lowest BCUT2D eigenvalue weighted by atomic mass is 10.0. The SMILES string of the molecule is C.C=CCC=CC/C=C\CCCCCCCc1cccc(OC)c1.C=CCCCCCCCc1cccc(OC)c1. The first kappa shape index (κ1) is 38.0. The lowest BCUT2D eigenvalue weighted by molar-refractivity contribution is 0.414. The molecule has 0 atom stereocenters. The van der Waals surface area contributed by atoms with E-state index in [9.17, 15) is 0 Å². The van der Waals surface area contributed by atoms with Crippen molar-refractivity contribution in [2.45, 2.75) is 110 Å². The molecule has 0 aromatic heterocycles. The zero-order valence-electron chi connectivity index (χ0n) is 25.6. The van der Waals surface area contributed by atoms with Crippen molar-refractivity contribution < 1.29 is 9.47 Å². The molecule has 0 heterocycles. The molecular formula is C39H60O2. The molecule has 0 N–H and O–H groups in total. The van der Waals surface area contributed by atoms with E-state index in [1.165, 1.54) is 88.2 Å². The van der Waals surface area contributed by atoms with E-state index in [-0.39, 0.29) is 7.43 Å². The van der Waals surface area contributed by atoms with Crippen molar-refractivity contribution in [1.82, 2.24) is 0 Å². The van der Waals surface area contributed by atoms with Crippen molar-refractivity contribution in [2.75, 3.05) is 14.2 Å². The molecule has 0 radical (unpaired) electrons. The van der Waals surface area contributed by atoms with Gasteiger partial charge in [-0.25, -0.2) is 0 Å². The Morgan fingerprint density at radius 1 is 0.537 bits per heavy atom. The van der Waals surface area contributed by atoms with Crippen molar-refractivity contribution in [2.24, 2.45) is 0 Å². The summed E-state index contributed by atoms with van der Waals surface area (Å²) in [5, 5.41) is 0. The van der Waals surface area contributed by atoms with E-state index in [1.54, 1.807) is 14.2 Å². The number of methoxy groups -OCH3 is 2. The van der Waals surface area contributed by atoms with Crippen molar-refractivity contribution in [3.8, 4) is 11.5 Å². The van der Waals surface area contributed by atoms with Crippen molar-refractivity contribution in [3.63, 3.8) is 0 Å². The standard InChI is InChI=1S/C22H32O.C16H24O.CH4/c1-3-4-5-6-7-8-9-10-11-12-13-14-15-17-21-18-16-19-22(20-21)23-2;1-3-4-5-6-7-8-9-11-15-12-10-13-16(14-15)17-2;/h3,5-6,8-9,16,18-20H,1,4,7,10-15,17H2,2H3;3,10,12-14H,1,4-9,11H2,2H3;1H4/b6-5?,9-8-;;. The zero-order chi connectivity index (χ0) is 28.9. The Balaban J connectivity index is 0.000000794. The highest BCUT2D eigenvalue weighted by molar-refractivity contribution is 5.29. The summed E-state index contributed by atoms with van der Waals surface area (Å²) in [5.74, 6) is 1.93. The van der Waals surface area contributed by atoms with Gasteiger partial charge in [0, 0.05) is 0 Å². The normalized spacial score (nSPS) is 10.6. The Hall–Kier alpha value is -3.00. The molecule has 2 nitrogen and oxygen atoms in total. The van der Waals surface area contributed by atoms with Crippen molar-refractivity contribution >= 4 is 0 Å². The number of aryl methyl sites for hydroxylation is 2. The van der Waals surface area contributed by atoms with Crippen LogP contribution in [0.15, 0.2) is 98.1 Å².